The van der Waals surface area contributed by atoms with Gasteiger partial charge in [0, 0.05) is 25.2 Å². The fourth-order valence-corrected chi connectivity index (χ4v) is 6.94. The minimum absolute atomic E-state index is 0.00522. The van der Waals surface area contributed by atoms with Crippen LogP contribution >= 0.6 is 7.82 Å². The number of rotatable bonds is 32. The van der Waals surface area contributed by atoms with Gasteiger partial charge < -0.3 is 29.5 Å². The average Bonchev–Trinajstić information content (AvgIpc) is 3.33. The molecule has 1 aliphatic carbocycles. The zero-order valence-electron chi connectivity index (χ0n) is 31.9. The Morgan fingerprint density at radius 1 is 0.804 bits per heavy atom. The second-order valence-electron chi connectivity index (χ2n) is 14.9. The lowest BCUT2D eigenvalue weighted by atomic mass is 9.88. The number of aliphatic hydroxyl groups excluding tert-OH is 2. The van der Waals surface area contributed by atoms with Crippen molar-refractivity contribution in [3.8, 4) is 0 Å². The molecule has 4 N–H and O–H groups in total. The summed E-state index contributed by atoms with van der Waals surface area (Å²) in [7, 11) is -4.81. The van der Waals surface area contributed by atoms with E-state index in [2.05, 4.69) is 25.3 Å². The summed E-state index contributed by atoms with van der Waals surface area (Å²) in [5.74, 6) is -0.848. The normalized spacial score (nSPS) is 19.2. The molecule has 0 heterocycles. The quantitative estimate of drug-likeness (QED) is 0.0225. The number of hydrogen-bond acceptors (Lipinski definition) is 9. The van der Waals surface area contributed by atoms with Crippen LogP contribution < -0.4 is 0 Å². The van der Waals surface area contributed by atoms with Gasteiger partial charge in [-0.1, -0.05) is 136 Å². The molecule has 0 aliphatic heterocycles. The van der Waals surface area contributed by atoms with E-state index in [4.69, 9.17) is 19.3 Å². The maximum absolute atomic E-state index is 12.5. The van der Waals surface area contributed by atoms with Crippen molar-refractivity contribution in [3.05, 3.63) is 12.2 Å². The molecule has 0 spiro atoms. The van der Waals surface area contributed by atoms with Crippen molar-refractivity contribution in [2.24, 2.45) is 17.8 Å². The summed E-state index contributed by atoms with van der Waals surface area (Å²) in [6, 6.07) is 0. The highest BCUT2D eigenvalue weighted by Crippen LogP contribution is 2.36. The fourth-order valence-electron chi connectivity index (χ4n) is 6.58. The van der Waals surface area contributed by atoms with Crippen LogP contribution in [0.1, 0.15) is 168 Å². The van der Waals surface area contributed by atoms with Gasteiger partial charge in [0.25, 0.3) is 0 Å². The summed E-state index contributed by atoms with van der Waals surface area (Å²) in [5.41, 5.74) is 0. The van der Waals surface area contributed by atoms with E-state index < -0.39 is 50.6 Å². The molecule has 0 saturated heterocycles. The van der Waals surface area contributed by atoms with Crippen LogP contribution in [0.25, 0.3) is 0 Å². The topological polar surface area (TPSA) is 177 Å². The minimum atomic E-state index is -4.81. The van der Waals surface area contributed by atoms with Crippen LogP contribution in [0.2, 0.25) is 0 Å². The standard InChI is InChI=1S/C39H71O11P/c1-4-5-16-22-32(40)26-27-35-34(36(41)28-37(35)42)23-18-14-15-20-25-39(44)50-33(30-49-51(45,46)47)29-48-38(43)24-19-13-11-9-7-6-8-10-12-17-21-31(2)3/h26-27,31-36,40-41H,4-25,28-30H2,1-3H3,(H2,45,46,47)/b27-26+/t32-,33+,34+,35+,36-/m0/s1. The van der Waals surface area contributed by atoms with Gasteiger partial charge >= 0.3 is 19.8 Å². The van der Waals surface area contributed by atoms with Crippen LogP contribution in [0.4, 0.5) is 0 Å². The number of phosphoric ester groups is 1. The van der Waals surface area contributed by atoms with E-state index >= 15 is 0 Å². The molecule has 1 rings (SSSR count). The van der Waals surface area contributed by atoms with E-state index in [1.807, 2.05) is 0 Å². The first-order valence-electron chi connectivity index (χ1n) is 19.9. The molecule has 298 valence electrons. The van der Waals surface area contributed by atoms with E-state index in [1.165, 1.54) is 44.9 Å². The number of ketones is 1. The third-order valence-corrected chi connectivity index (χ3v) is 10.1. The Labute approximate surface area is 307 Å². The molecule has 0 radical (unpaired) electrons. The van der Waals surface area contributed by atoms with Crippen LogP contribution in [0.3, 0.4) is 0 Å². The predicted molar refractivity (Wildman–Crippen MR) is 199 cm³/mol. The van der Waals surface area contributed by atoms with Crippen molar-refractivity contribution in [1.29, 1.82) is 0 Å². The maximum atomic E-state index is 12.5. The molecule has 51 heavy (non-hydrogen) atoms. The van der Waals surface area contributed by atoms with Gasteiger partial charge in [-0.15, -0.1) is 0 Å². The Morgan fingerprint density at radius 3 is 1.94 bits per heavy atom. The van der Waals surface area contributed by atoms with Gasteiger partial charge in [-0.05, 0) is 37.5 Å². The number of carbonyl (C=O) groups is 3. The zero-order valence-corrected chi connectivity index (χ0v) is 32.8. The van der Waals surface area contributed by atoms with Crippen LogP contribution in [0.5, 0.6) is 0 Å². The summed E-state index contributed by atoms with van der Waals surface area (Å²) in [6.45, 7) is 5.68. The fraction of sp³-hybridized carbons (Fsp3) is 0.872. The van der Waals surface area contributed by atoms with E-state index in [0.29, 0.717) is 32.1 Å². The summed E-state index contributed by atoms with van der Waals surface area (Å²) >= 11 is 0. The number of phosphoric acid groups is 1. The van der Waals surface area contributed by atoms with Crippen molar-refractivity contribution in [1.82, 2.24) is 0 Å². The predicted octanol–water partition coefficient (Wildman–Crippen LogP) is 8.29. The highest BCUT2D eigenvalue weighted by Gasteiger charge is 2.39. The van der Waals surface area contributed by atoms with E-state index in [1.54, 1.807) is 12.2 Å². The number of carbonyl (C=O) groups excluding carboxylic acids is 3. The van der Waals surface area contributed by atoms with E-state index in [9.17, 15) is 29.2 Å². The number of allylic oxidation sites excluding steroid dienone is 1. The number of unbranched alkanes of at least 4 members (excludes halogenated alkanes) is 14. The molecule has 1 saturated carbocycles. The van der Waals surface area contributed by atoms with Gasteiger partial charge in [-0.25, -0.2) is 4.57 Å². The lowest BCUT2D eigenvalue weighted by Crippen LogP contribution is -2.29. The lowest BCUT2D eigenvalue weighted by Gasteiger charge is -2.19. The number of hydrogen-bond donors (Lipinski definition) is 4. The van der Waals surface area contributed by atoms with Gasteiger partial charge in [0.15, 0.2) is 6.10 Å². The monoisotopic (exact) mass is 746 g/mol. The molecule has 0 bridgehead atoms. The summed E-state index contributed by atoms with van der Waals surface area (Å²) in [5, 5.41) is 20.7. The first-order chi connectivity index (χ1) is 24.3. The Balaban J connectivity index is 2.30. The Morgan fingerprint density at radius 2 is 1.35 bits per heavy atom. The summed E-state index contributed by atoms with van der Waals surface area (Å²) in [4.78, 5) is 55.4. The SMILES string of the molecule is CCCCC[C@H](O)/C=C/[C@H]1C(=O)C[C@H](O)[C@@H]1CCCCCCC(=O)O[C@H](COC(=O)CCCCCCCCCCCCC(C)C)COP(=O)(O)O. The van der Waals surface area contributed by atoms with Gasteiger partial charge in [-0.2, -0.15) is 0 Å². The molecule has 11 nitrogen and oxygen atoms in total. The van der Waals surface area contributed by atoms with Crippen molar-refractivity contribution in [3.63, 3.8) is 0 Å². The minimum Gasteiger partial charge on any atom is -0.462 e. The van der Waals surface area contributed by atoms with Gasteiger partial charge in [0.2, 0.25) is 0 Å². The number of ether oxygens (including phenoxy) is 2. The first kappa shape index (κ1) is 47.4. The third-order valence-electron chi connectivity index (χ3n) is 9.62. The van der Waals surface area contributed by atoms with Crippen molar-refractivity contribution in [2.45, 2.75) is 187 Å². The first-order valence-corrected chi connectivity index (χ1v) is 21.5. The molecule has 0 aromatic rings. The summed E-state index contributed by atoms with van der Waals surface area (Å²) in [6.07, 6.45) is 21.4. The molecular formula is C39H71O11P. The second kappa shape index (κ2) is 28.8. The second-order valence-corrected chi connectivity index (χ2v) is 16.1. The molecule has 0 amide bonds. The molecule has 1 fully saturated rings. The van der Waals surface area contributed by atoms with Crippen LogP contribution in [-0.2, 0) is 32.9 Å². The smallest absolute Gasteiger partial charge is 0.462 e. The van der Waals surface area contributed by atoms with Gasteiger partial charge in [0.1, 0.15) is 12.4 Å². The maximum Gasteiger partial charge on any atom is 0.469 e. The molecular weight excluding hydrogens is 675 g/mol. The van der Waals surface area contributed by atoms with Crippen LogP contribution in [0.15, 0.2) is 12.2 Å². The van der Waals surface area contributed by atoms with Crippen molar-refractivity contribution >= 4 is 25.5 Å². The molecule has 1 aliphatic rings. The van der Waals surface area contributed by atoms with Gasteiger partial charge in [0.05, 0.1) is 18.8 Å². The molecule has 0 aromatic heterocycles. The number of Topliss-reactive ketones (excluding diaryl/α,β-unsaturated/α-hetero) is 1. The molecule has 5 atom stereocenters. The largest absolute Gasteiger partial charge is 0.469 e. The Hall–Kier alpha value is -1.62. The third kappa shape index (κ3) is 25.9. The highest BCUT2D eigenvalue weighted by molar-refractivity contribution is 7.46. The molecule has 0 unspecified atom stereocenters. The van der Waals surface area contributed by atoms with Crippen molar-refractivity contribution in [2.75, 3.05) is 13.2 Å². The van der Waals surface area contributed by atoms with Crippen molar-refractivity contribution < 1.29 is 52.9 Å². The highest BCUT2D eigenvalue weighted by atomic mass is 31.2. The Bertz CT molecular complexity index is 1010. The lowest BCUT2D eigenvalue weighted by molar-refractivity contribution is -0.161. The van der Waals surface area contributed by atoms with Crippen LogP contribution in [-0.4, -0.2) is 69.2 Å². The number of esters is 2. The number of aliphatic hydroxyl groups is 2. The molecule has 12 heteroatoms. The van der Waals surface area contributed by atoms with E-state index in [-0.39, 0.29) is 37.6 Å². The van der Waals surface area contributed by atoms with Crippen LogP contribution in [0, 0.1) is 17.8 Å². The summed E-state index contributed by atoms with van der Waals surface area (Å²) < 4.78 is 26.3. The zero-order chi connectivity index (χ0) is 37.9. The average molecular weight is 747 g/mol. The Kier molecular flexibility index (Phi) is 26.8. The van der Waals surface area contributed by atoms with E-state index in [0.717, 1.165) is 57.3 Å². The van der Waals surface area contributed by atoms with Gasteiger partial charge in [-0.3, -0.25) is 18.9 Å². The molecule has 0 aromatic carbocycles.